The van der Waals surface area contributed by atoms with Crippen LogP contribution in [0.5, 0.6) is 5.75 Å². The molecular weight excluding hydrogens is 544 g/mol. The number of hydrogen-bond donors (Lipinski definition) is 7. The quantitative estimate of drug-likeness (QED) is 0.157. The molecule has 15 heteroatoms. The van der Waals surface area contributed by atoms with Gasteiger partial charge in [-0.05, 0) is 48.5 Å². The monoisotopic (exact) mass is 572 g/mol. The summed E-state index contributed by atoms with van der Waals surface area (Å²) in [4.78, 5) is 35.1. The van der Waals surface area contributed by atoms with Crippen LogP contribution >= 0.6 is 0 Å². The number of nitrogens with zero attached hydrogens (tertiary/aromatic N) is 3. The van der Waals surface area contributed by atoms with Crippen LogP contribution in [0.2, 0.25) is 0 Å². The highest BCUT2D eigenvalue weighted by Gasteiger charge is 2.56. The van der Waals surface area contributed by atoms with Gasteiger partial charge in [-0.15, -0.1) is 5.10 Å². The largest absolute Gasteiger partial charge is 0.478 e. The predicted molar refractivity (Wildman–Crippen MR) is 137 cm³/mol. The van der Waals surface area contributed by atoms with Crippen molar-refractivity contribution >= 4 is 17.8 Å². The molecule has 1 amide bonds. The lowest BCUT2D eigenvalue weighted by Crippen LogP contribution is -2.68. The van der Waals surface area contributed by atoms with E-state index in [1.165, 1.54) is 28.9 Å². The maximum absolute atomic E-state index is 12.4. The van der Waals surface area contributed by atoms with Crippen LogP contribution in [0, 0.1) is 0 Å². The van der Waals surface area contributed by atoms with E-state index in [0.29, 0.717) is 16.9 Å². The summed E-state index contributed by atoms with van der Waals surface area (Å²) < 4.78 is 12.7. The molecule has 3 aromatic rings. The van der Waals surface area contributed by atoms with Gasteiger partial charge in [0.05, 0.1) is 42.6 Å². The zero-order valence-electron chi connectivity index (χ0n) is 21.6. The Bertz CT molecular complexity index is 1400. The van der Waals surface area contributed by atoms with Crippen LogP contribution in [0.3, 0.4) is 0 Å². The minimum Gasteiger partial charge on any atom is -0.478 e. The van der Waals surface area contributed by atoms with Crippen LogP contribution in [0.25, 0.3) is 16.9 Å². The molecule has 41 heavy (non-hydrogen) atoms. The lowest BCUT2D eigenvalue weighted by atomic mass is 9.88. The summed E-state index contributed by atoms with van der Waals surface area (Å²) in [6.45, 7) is 0.244. The summed E-state index contributed by atoms with van der Waals surface area (Å²) in [6, 6.07) is 10.7. The maximum atomic E-state index is 12.4. The Labute approximate surface area is 232 Å². The lowest BCUT2D eigenvalue weighted by molar-refractivity contribution is -0.284. The molecule has 0 radical (unpaired) electrons. The van der Waals surface area contributed by atoms with Gasteiger partial charge in [0.2, 0.25) is 5.91 Å². The number of aliphatic hydroxyl groups is 4. The Kier molecular flexibility index (Phi) is 8.65. The first-order valence-electron chi connectivity index (χ1n) is 12.3. The van der Waals surface area contributed by atoms with Crippen molar-refractivity contribution in [3.8, 4) is 22.7 Å². The van der Waals surface area contributed by atoms with Crippen molar-refractivity contribution in [2.45, 2.75) is 49.6 Å². The number of hydrogen-bond acceptors (Lipinski definition) is 11. The smallest absolute Gasteiger partial charge is 0.377 e. The molecule has 7 N–H and O–H groups in total. The summed E-state index contributed by atoms with van der Waals surface area (Å²) >= 11 is 0. The molecule has 2 heterocycles. The Hall–Kier alpha value is -4.41. The Morgan fingerprint density at radius 3 is 2.34 bits per heavy atom. The third-order valence-electron chi connectivity index (χ3n) is 6.49. The molecule has 1 saturated heterocycles. The van der Waals surface area contributed by atoms with Gasteiger partial charge in [0.15, 0.2) is 0 Å². The molecule has 218 valence electrons. The van der Waals surface area contributed by atoms with Crippen molar-refractivity contribution in [2.75, 3.05) is 6.61 Å². The minimum absolute atomic E-state index is 0.00826. The van der Waals surface area contributed by atoms with E-state index in [-0.39, 0.29) is 11.3 Å². The molecule has 0 aliphatic carbocycles. The Morgan fingerprint density at radius 2 is 1.78 bits per heavy atom. The SMILES string of the molecule is CC(=O)N[C@H]1[C@H]([C@@H](O)[C@H](O)CO)O[C@@](Oc2ccc(-c3cn(-c4ccc(C(=O)O)cc4)nn3)cc2)(C(=O)O)C[C@@H]1O. The molecule has 0 saturated carbocycles. The highest BCUT2D eigenvalue weighted by atomic mass is 16.7. The van der Waals surface area contributed by atoms with Gasteiger partial charge in [-0.25, -0.2) is 14.3 Å². The van der Waals surface area contributed by atoms with Gasteiger partial charge in [-0.3, -0.25) is 4.79 Å². The van der Waals surface area contributed by atoms with Gasteiger partial charge in [0.25, 0.3) is 0 Å². The molecule has 2 aromatic carbocycles. The van der Waals surface area contributed by atoms with Gasteiger partial charge in [-0.1, -0.05) is 5.21 Å². The highest BCUT2D eigenvalue weighted by molar-refractivity contribution is 5.87. The van der Waals surface area contributed by atoms with Gasteiger partial charge in [-0.2, -0.15) is 0 Å². The van der Waals surface area contributed by atoms with E-state index in [2.05, 4.69) is 15.6 Å². The molecule has 15 nitrogen and oxygen atoms in total. The topological polar surface area (TPSA) is 234 Å². The number of aliphatic hydroxyl groups excluding tert-OH is 4. The van der Waals surface area contributed by atoms with Crippen LogP contribution < -0.4 is 10.1 Å². The van der Waals surface area contributed by atoms with Gasteiger partial charge in [0, 0.05) is 12.5 Å². The number of amides is 1. The van der Waals surface area contributed by atoms with Crippen molar-refractivity contribution in [3.05, 3.63) is 60.3 Å². The molecule has 6 atom stereocenters. The van der Waals surface area contributed by atoms with Crippen molar-refractivity contribution in [1.29, 1.82) is 0 Å². The number of aliphatic carboxylic acids is 1. The normalized spacial score (nSPS) is 23.8. The Morgan fingerprint density at radius 1 is 1.12 bits per heavy atom. The summed E-state index contributed by atoms with van der Waals surface area (Å²) in [5.74, 6) is -5.83. The van der Waals surface area contributed by atoms with E-state index >= 15 is 0 Å². The van der Waals surface area contributed by atoms with Crippen molar-refractivity contribution in [3.63, 3.8) is 0 Å². The first kappa shape index (κ1) is 29.6. The van der Waals surface area contributed by atoms with E-state index in [4.69, 9.17) is 14.6 Å². The molecule has 1 fully saturated rings. The number of aromatic carboxylic acids is 1. The van der Waals surface area contributed by atoms with E-state index in [1.807, 2.05) is 0 Å². The van der Waals surface area contributed by atoms with E-state index in [1.54, 1.807) is 30.5 Å². The number of benzene rings is 2. The molecule has 1 aromatic heterocycles. The average molecular weight is 573 g/mol. The number of carbonyl (C=O) groups excluding carboxylic acids is 1. The highest BCUT2D eigenvalue weighted by Crippen LogP contribution is 2.35. The first-order valence-corrected chi connectivity index (χ1v) is 12.3. The third kappa shape index (κ3) is 6.34. The van der Waals surface area contributed by atoms with Crippen LogP contribution in [0.4, 0.5) is 0 Å². The average Bonchev–Trinajstić information content (AvgIpc) is 3.44. The van der Waals surface area contributed by atoms with Crippen LogP contribution in [-0.2, 0) is 14.3 Å². The number of rotatable bonds is 10. The van der Waals surface area contributed by atoms with E-state index in [0.717, 1.165) is 6.92 Å². The molecule has 1 aliphatic heterocycles. The van der Waals surface area contributed by atoms with Gasteiger partial charge >= 0.3 is 17.7 Å². The van der Waals surface area contributed by atoms with E-state index in [9.17, 15) is 39.9 Å². The number of aromatic nitrogens is 3. The fourth-order valence-electron chi connectivity index (χ4n) is 4.39. The van der Waals surface area contributed by atoms with Crippen molar-refractivity contribution in [1.82, 2.24) is 20.3 Å². The number of carbonyl (C=O) groups is 3. The second-order valence-corrected chi connectivity index (χ2v) is 9.41. The summed E-state index contributed by atoms with van der Waals surface area (Å²) in [6.07, 6.45) is -5.95. The Balaban J connectivity index is 1.56. The molecule has 0 spiro atoms. The van der Waals surface area contributed by atoms with Crippen molar-refractivity contribution < 1.29 is 54.5 Å². The van der Waals surface area contributed by atoms with Crippen LogP contribution in [0.1, 0.15) is 23.7 Å². The minimum atomic E-state index is -2.53. The number of nitrogens with one attached hydrogen (secondary N) is 1. The third-order valence-corrected chi connectivity index (χ3v) is 6.49. The first-order chi connectivity index (χ1) is 19.4. The summed E-state index contributed by atoms with van der Waals surface area (Å²) in [7, 11) is 0. The number of ether oxygens (including phenoxy) is 2. The molecule has 0 bridgehead atoms. The predicted octanol–water partition coefficient (Wildman–Crippen LogP) is -0.839. The molecule has 4 rings (SSSR count). The maximum Gasteiger partial charge on any atom is 0.377 e. The fraction of sp³-hybridized carbons (Fsp3) is 0.346. The van der Waals surface area contributed by atoms with E-state index < -0.39 is 67.1 Å². The lowest BCUT2D eigenvalue weighted by Gasteiger charge is -2.46. The fourth-order valence-corrected chi connectivity index (χ4v) is 4.39. The van der Waals surface area contributed by atoms with Gasteiger partial charge < -0.3 is 45.4 Å². The zero-order valence-corrected chi connectivity index (χ0v) is 21.6. The number of carboxylic acid groups (broad SMARTS) is 2. The standard InChI is InChI=1S/C26H28N4O11/c1-13(32)27-21-19(33)10-26(25(38)39,41-23(21)22(35)20(34)12-31)40-17-8-4-14(5-9-17)18-11-30(29-28-18)16-6-2-15(3-7-16)24(36)37/h2-9,11,19-23,31,33-35H,10,12H2,1H3,(H,27,32)(H,36,37)(H,38,39)/t19-,20+,21+,22-,23+,26+/m0/s1. The second-order valence-electron chi connectivity index (χ2n) is 9.41. The molecular formula is C26H28N4O11. The van der Waals surface area contributed by atoms with Crippen molar-refractivity contribution in [2.24, 2.45) is 0 Å². The van der Waals surface area contributed by atoms with Gasteiger partial charge in [0.1, 0.15) is 29.8 Å². The van der Waals surface area contributed by atoms with Crippen LogP contribution in [0.15, 0.2) is 54.7 Å². The van der Waals surface area contributed by atoms with Crippen LogP contribution in [-0.4, -0.2) is 106 Å². The molecule has 0 unspecified atom stereocenters. The molecule has 1 aliphatic rings. The number of carboxylic acids is 2. The summed E-state index contributed by atoms with van der Waals surface area (Å²) in [5, 5.41) is 70.1. The zero-order chi connectivity index (χ0) is 29.9. The second kappa shape index (κ2) is 12.0. The summed E-state index contributed by atoms with van der Waals surface area (Å²) in [5.41, 5.74) is 1.71.